The first kappa shape index (κ1) is 13.1. The van der Waals surface area contributed by atoms with Crippen LogP contribution in [-0.4, -0.2) is 17.4 Å². The topological polar surface area (TPSA) is 68.0 Å². The van der Waals surface area contributed by atoms with Crippen molar-refractivity contribution >= 4 is 17.2 Å². The van der Waals surface area contributed by atoms with E-state index < -0.39 is 0 Å². The van der Waals surface area contributed by atoms with Crippen molar-refractivity contribution in [1.29, 1.82) is 0 Å². The van der Waals surface area contributed by atoms with E-state index >= 15 is 0 Å². The smallest absolute Gasteiger partial charge is 0.217 e. The molecule has 1 aromatic heterocycles. The van der Waals surface area contributed by atoms with Gasteiger partial charge in [-0.3, -0.25) is 4.79 Å². The highest BCUT2D eigenvalue weighted by molar-refractivity contribution is 7.09. The molecule has 0 saturated carbocycles. The molecule has 0 unspecified atom stereocenters. The van der Waals surface area contributed by atoms with Gasteiger partial charge in [0.15, 0.2) is 0 Å². The molecule has 1 amide bonds. The van der Waals surface area contributed by atoms with Gasteiger partial charge in [-0.2, -0.15) is 0 Å². The fraction of sp³-hybridized carbons (Fsp3) is 0.636. The Kier molecular flexibility index (Phi) is 6.03. The van der Waals surface area contributed by atoms with Crippen molar-refractivity contribution < 1.29 is 4.79 Å². The number of amides is 1. The third kappa shape index (κ3) is 5.23. The Morgan fingerprint density at radius 1 is 1.56 bits per heavy atom. The Bertz CT molecular complexity index is 325. The van der Waals surface area contributed by atoms with E-state index in [0.717, 1.165) is 38.0 Å². The molecular formula is C11H19N3OS. The maximum absolute atomic E-state index is 10.5. The summed E-state index contributed by atoms with van der Waals surface area (Å²) in [5, 5.41) is 6.58. The number of thiazole rings is 1. The molecule has 1 rings (SSSR count). The number of primary amides is 1. The van der Waals surface area contributed by atoms with Crippen LogP contribution in [0.3, 0.4) is 0 Å². The highest BCUT2D eigenvalue weighted by atomic mass is 32.1. The third-order valence-electron chi connectivity index (χ3n) is 2.23. The summed E-state index contributed by atoms with van der Waals surface area (Å²) in [6.45, 7) is 3.83. The van der Waals surface area contributed by atoms with Gasteiger partial charge >= 0.3 is 0 Å². The Labute approximate surface area is 100 Å². The van der Waals surface area contributed by atoms with Crippen molar-refractivity contribution in [3.63, 3.8) is 0 Å². The summed E-state index contributed by atoms with van der Waals surface area (Å²) in [5.41, 5.74) is 6.16. The molecule has 16 heavy (non-hydrogen) atoms. The Morgan fingerprint density at radius 2 is 2.38 bits per heavy atom. The quantitative estimate of drug-likeness (QED) is 0.677. The van der Waals surface area contributed by atoms with Gasteiger partial charge in [-0.05, 0) is 25.8 Å². The van der Waals surface area contributed by atoms with Crippen molar-refractivity contribution in [2.45, 2.75) is 39.2 Å². The van der Waals surface area contributed by atoms with Crippen LogP contribution in [0.15, 0.2) is 5.38 Å². The number of nitrogens with two attached hydrogens (primary N) is 1. The highest BCUT2D eigenvalue weighted by Gasteiger charge is 1.99. The molecule has 0 aliphatic rings. The summed E-state index contributed by atoms with van der Waals surface area (Å²) in [6.07, 6.45) is 3.33. The van der Waals surface area contributed by atoms with Crippen LogP contribution in [-0.2, 0) is 17.8 Å². The minimum Gasteiger partial charge on any atom is -0.370 e. The van der Waals surface area contributed by atoms with Crippen LogP contribution in [0.1, 0.15) is 36.9 Å². The molecule has 0 radical (unpaired) electrons. The lowest BCUT2D eigenvalue weighted by Crippen LogP contribution is -2.16. The number of carbonyl (C=O) groups is 1. The predicted molar refractivity (Wildman–Crippen MR) is 66.2 cm³/mol. The molecule has 0 saturated heterocycles. The molecule has 0 aromatic carbocycles. The maximum Gasteiger partial charge on any atom is 0.217 e. The Hall–Kier alpha value is -0.940. The highest BCUT2D eigenvalue weighted by Crippen LogP contribution is 2.09. The molecule has 0 fully saturated rings. The number of carbonyl (C=O) groups excluding carboxylic acids is 1. The van der Waals surface area contributed by atoms with Crippen LogP contribution in [0.2, 0.25) is 0 Å². The largest absolute Gasteiger partial charge is 0.370 e. The summed E-state index contributed by atoms with van der Waals surface area (Å²) in [7, 11) is 0. The predicted octanol–water partition coefficient (Wildman–Crippen LogP) is 1.45. The average Bonchev–Trinajstić information content (AvgIpc) is 2.70. The van der Waals surface area contributed by atoms with E-state index in [4.69, 9.17) is 5.73 Å². The molecule has 0 spiro atoms. The second kappa shape index (κ2) is 7.35. The van der Waals surface area contributed by atoms with Crippen molar-refractivity contribution in [1.82, 2.24) is 10.3 Å². The normalized spacial score (nSPS) is 10.6. The molecular weight excluding hydrogens is 222 g/mol. The fourth-order valence-corrected chi connectivity index (χ4v) is 2.10. The monoisotopic (exact) mass is 241 g/mol. The maximum atomic E-state index is 10.5. The van der Waals surface area contributed by atoms with Crippen LogP contribution in [0.4, 0.5) is 0 Å². The molecule has 0 aliphatic heterocycles. The van der Waals surface area contributed by atoms with Gasteiger partial charge in [-0.1, -0.05) is 6.92 Å². The zero-order chi connectivity index (χ0) is 11.8. The van der Waals surface area contributed by atoms with Crippen molar-refractivity contribution in [2.75, 3.05) is 6.54 Å². The lowest BCUT2D eigenvalue weighted by molar-refractivity contribution is -0.118. The van der Waals surface area contributed by atoms with Gasteiger partial charge in [0, 0.05) is 18.3 Å². The van der Waals surface area contributed by atoms with Gasteiger partial charge in [0.2, 0.25) is 5.91 Å². The summed E-state index contributed by atoms with van der Waals surface area (Å²) in [6, 6.07) is 0. The number of aryl methyl sites for hydroxylation is 1. The van der Waals surface area contributed by atoms with Gasteiger partial charge in [0.05, 0.1) is 10.7 Å². The van der Waals surface area contributed by atoms with Gasteiger partial charge in [0.25, 0.3) is 0 Å². The van der Waals surface area contributed by atoms with Crippen LogP contribution in [0.25, 0.3) is 0 Å². The molecule has 0 aliphatic carbocycles. The lowest BCUT2D eigenvalue weighted by atomic mass is 10.2. The molecule has 0 atom stereocenters. The van der Waals surface area contributed by atoms with E-state index in [-0.39, 0.29) is 5.91 Å². The fourth-order valence-electron chi connectivity index (χ4n) is 1.36. The first-order valence-electron chi connectivity index (χ1n) is 5.64. The van der Waals surface area contributed by atoms with E-state index in [1.165, 1.54) is 5.01 Å². The number of nitrogens with zero attached hydrogens (tertiary/aromatic N) is 1. The number of aromatic nitrogens is 1. The molecule has 5 heteroatoms. The van der Waals surface area contributed by atoms with Crippen LogP contribution in [0, 0.1) is 0 Å². The van der Waals surface area contributed by atoms with Crippen molar-refractivity contribution in [3.8, 4) is 0 Å². The van der Waals surface area contributed by atoms with Crippen LogP contribution < -0.4 is 11.1 Å². The van der Waals surface area contributed by atoms with E-state index in [1.54, 1.807) is 11.3 Å². The second-order valence-corrected chi connectivity index (χ2v) is 4.63. The first-order valence-corrected chi connectivity index (χ1v) is 6.52. The molecule has 90 valence electrons. The van der Waals surface area contributed by atoms with Crippen LogP contribution in [0.5, 0.6) is 0 Å². The van der Waals surface area contributed by atoms with E-state index in [9.17, 15) is 4.79 Å². The van der Waals surface area contributed by atoms with Gasteiger partial charge in [0.1, 0.15) is 0 Å². The van der Waals surface area contributed by atoms with Gasteiger partial charge in [-0.25, -0.2) is 4.98 Å². The third-order valence-corrected chi connectivity index (χ3v) is 3.28. The summed E-state index contributed by atoms with van der Waals surface area (Å²) in [4.78, 5) is 14.9. The van der Waals surface area contributed by atoms with Gasteiger partial charge in [-0.15, -0.1) is 11.3 Å². The Morgan fingerprint density at radius 3 is 3.00 bits per heavy atom. The van der Waals surface area contributed by atoms with E-state index in [2.05, 4.69) is 22.6 Å². The number of unbranched alkanes of at least 4 members (excludes halogenated alkanes) is 1. The van der Waals surface area contributed by atoms with E-state index in [0.29, 0.717) is 6.42 Å². The zero-order valence-electron chi connectivity index (χ0n) is 9.66. The molecule has 4 nitrogen and oxygen atoms in total. The molecule has 1 aromatic rings. The number of hydrogen-bond donors (Lipinski definition) is 2. The lowest BCUT2D eigenvalue weighted by Gasteiger charge is -2.01. The summed E-state index contributed by atoms with van der Waals surface area (Å²) in [5.74, 6) is -0.216. The average molecular weight is 241 g/mol. The number of rotatable bonds is 8. The van der Waals surface area contributed by atoms with E-state index in [1.807, 2.05) is 0 Å². The first-order chi connectivity index (χ1) is 7.72. The van der Waals surface area contributed by atoms with Crippen LogP contribution >= 0.6 is 11.3 Å². The Balaban J connectivity index is 2.04. The minimum absolute atomic E-state index is 0.216. The zero-order valence-corrected chi connectivity index (χ0v) is 10.5. The SMILES string of the molecule is CCc1nc(CNCCCCC(N)=O)cs1. The summed E-state index contributed by atoms with van der Waals surface area (Å²) >= 11 is 1.71. The second-order valence-electron chi connectivity index (χ2n) is 3.69. The number of hydrogen-bond acceptors (Lipinski definition) is 4. The van der Waals surface area contributed by atoms with Gasteiger partial charge < -0.3 is 11.1 Å². The standard InChI is InChI=1S/C11H19N3OS/c1-2-11-14-9(8-16-11)7-13-6-4-3-5-10(12)15/h8,13H,2-7H2,1H3,(H2,12,15). The molecule has 1 heterocycles. The minimum atomic E-state index is -0.216. The molecule has 0 bridgehead atoms. The van der Waals surface area contributed by atoms with Crippen molar-refractivity contribution in [3.05, 3.63) is 16.1 Å². The summed E-state index contributed by atoms with van der Waals surface area (Å²) < 4.78 is 0. The number of nitrogens with one attached hydrogen (secondary N) is 1. The van der Waals surface area contributed by atoms with Crippen molar-refractivity contribution in [2.24, 2.45) is 5.73 Å². The molecule has 3 N–H and O–H groups in total.